The van der Waals surface area contributed by atoms with E-state index in [1.807, 2.05) is 19.9 Å². The minimum Gasteiger partial charge on any atom is -0.508 e. The van der Waals surface area contributed by atoms with Crippen molar-refractivity contribution in [2.45, 2.75) is 51.4 Å². The zero-order chi connectivity index (χ0) is 20.4. The van der Waals surface area contributed by atoms with Gasteiger partial charge in [-0.2, -0.15) is 0 Å². The zero-order valence-electron chi connectivity index (χ0n) is 16.2. The Morgan fingerprint density at radius 1 is 1.29 bits per heavy atom. The fourth-order valence-corrected chi connectivity index (χ4v) is 4.08. The largest absolute Gasteiger partial charge is 0.508 e. The molecule has 1 heterocycles. The molecule has 28 heavy (non-hydrogen) atoms. The third-order valence-corrected chi connectivity index (χ3v) is 5.67. The van der Waals surface area contributed by atoms with Gasteiger partial charge in [-0.05, 0) is 49.9 Å². The van der Waals surface area contributed by atoms with Crippen molar-refractivity contribution in [2.24, 2.45) is 11.8 Å². The Hall–Kier alpha value is -2.15. The molecule has 0 bridgehead atoms. The van der Waals surface area contributed by atoms with Crippen LogP contribution in [0.5, 0.6) is 5.75 Å². The number of phenols is 1. The van der Waals surface area contributed by atoms with Gasteiger partial charge in [-0.3, -0.25) is 4.79 Å². The summed E-state index contributed by atoms with van der Waals surface area (Å²) >= 11 is 0. The Balaban J connectivity index is 1.88. The van der Waals surface area contributed by atoms with Gasteiger partial charge in [0, 0.05) is 18.9 Å². The van der Waals surface area contributed by atoms with E-state index < -0.39 is 30.1 Å². The molecule has 1 aliphatic heterocycles. The third-order valence-electron chi connectivity index (χ3n) is 5.67. The molecule has 152 valence electrons. The second-order valence-corrected chi connectivity index (χ2v) is 7.89. The lowest BCUT2D eigenvalue weighted by molar-refractivity contribution is -0.147. The van der Waals surface area contributed by atoms with Gasteiger partial charge in [0.2, 0.25) is 0 Å². The number of carbonyl (C=O) groups is 1. The summed E-state index contributed by atoms with van der Waals surface area (Å²) in [5.74, 6) is -1.33. The summed E-state index contributed by atoms with van der Waals surface area (Å²) in [6.45, 7) is 3.79. The summed E-state index contributed by atoms with van der Waals surface area (Å²) in [6, 6.07) is 4.76. The van der Waals surface area contributed by atoms with Crippen molar-refractivity contribution >= 4 is 11.4 Å². The summed E-state index contributed by atoms with van der Waals surface area (Å²) in [5.41, 5.74) is 2.53. The molecule has 6 nitrogen and oxygen atoms in total. The fraction of sp³-hybridized carbons (Fsp3) is 0.500. The third kappa shape index (κ3) is 3.99. The Morgan fingerprint density at radius 2 is 2.04 bits per heavy atom. The van der Waals surface area contributed by atoms with Crippen LogP contribution in [0.3, 0.4) is 0 Å². The minimum atomic E-state index is -1.01. The summed E-state index contributed by atoms with van der Waals surface area (Å²) in [4.78, 5) is 13.2. The average molecular weight is 388 g/mol. The summed E-state index contributed by atoms with van der Waals surface area (Å²) in [6.07, 6.45) is 2.11. The van der Waals surface area contributed by atoms with E-state index in [0.29, 0.717) is 29.5 Å². The molecule has 1 saturated carbocycles. The van der Waals surface area contributed by atoms with Gasteiger partial charge in [-0.15, -0.1) is 0 Å². The van der Waals surface area contributed by atoms with Gasteiger partial charge in [-0.25, -0.2) is 0 Å². The van der Waals surface area contributed by atoms with Gasteiger partial charge < -0.3 is 25.2 Å². The molecule has 5 unspecified atom stereocenters. The van der Waals surface area contributed by atoms with E-state index in [-0.39, 0.29) is 24.6 Å². The van der Waals surface area contributed by atoms with E-state index in [1.165, 1.54) is 12.3 Å². The number of fused-ring (bicyclic) bond motifs is 1. The maximum absolute atomic E-state index is 13.2. The van der Waals surface area contributed by atoms with Crippen molar-refractivity contribution in [1.29, 1.82) is 0 Å². The number of phenolic OH excluding ortho intramolecular Hbond substituents is 1. The Labute approximate surface area is 164 Å². The van der Waals surface area contributed by atoms with Crippen LogP contribution >= 0.6 is 0 Å². The van der Waals surface area contributed by atoms with Crippen molar-refractivity contribution in [3.63, 3.8) is 0 Å². The van der Waals surface area contributed by atoms with E-state index in [4.69, 9.17) is 9.84 Å². The number of aromatic hydroxyl groups is 1. The zero-order valence-corrected chi connectivity index (χ0v) is 16.2. The number of aliphatic hydroxyl groups is 3. The summed E-state index contributed by atoms with van der Waals surface area (Å²) < 4.78 is 5.73. The number of allylic oxidation sites excluding steroid dienone is 3. The van der Waals surface area contributed by atoms with Crippen LogP contribution in [0.2, 0.25) is 0 Å². The SMILES string of the molecule is CC(C)=CCC1C(O)CC2OC=C(c3ccc(O)c(CCO)c3)C(=O)C2C1O. The van der Waals surface area contributed by atoms with Crippen LogP contribution in [0.25, 0.3) is 5.57 Å². The molecule has 5 atom stereocenters. The molecule has 4 N–H and O–H groups in total. The molecule has 1 aromatic carbocycles. The maximum Gasteiger partial charge on any atom is 0.175 e. The van der Waals surface area contributed by atoms with Crippen molar-refractivity contribution in [3.05, 3.63) is 47.2 Å². The molecule has 1 fully saturated rings. The van der Waals surface area contributed by atoms with Crippen molar-refractivity contribution in [3.8, 4) is 5.75 Å². The number of benzene rings is 1. The molecule has 0 saturated heterocycles. The number of rotatable bonds is 5. The van der Waals surface area contributed by atoms with Crippen molar-refractivity contribution < 1.29 is 30.0 Å². The second-order valence-electron chi connectivity index (χ2n) is 7.89. The minimum absolute atomic E-state index is 0.0584. The number of Topliss-reactive ketones (excluding diaryl/α,β-unsaturated/α-hetero) is 1. The molecule has 1 aromatic rings. The van der Waals surface area contributed by atoms with Crippen LogP contribution in [-0.2, 0) is 16.0 Å². The van der Waals surface area contributed by atoms with Gasteiger partial charge >= 0.3 is 0 Å². The van der Waals surface area contributed by atoms with E-state index >= 15 is 0 Å². The average Bonchev–Trinajstić information content (AvgIpc) is 2.63. The first-order valence-electron chi connectivity index (χ1n) is 9.66. The highest BCUT2D eigenvalue weighted by molar-refractivity contribution is 6.22. The molecule has 0 amide bonds. The Kier molecular flexibility index (Phi) is 6.23. The van der Waals surface area contributed by atoms with Crippen LogP contribution in [0.4, 0.5) is 0 Å². The van der Waals surface area contributed by atoms with E-state index in [0.717, 1.165) is 5.57 Å². The first-order valence-corrected chi connectivity index (χ1v) is 9.66. The molecule has 3 rings (SSSR count). The molecule has 0 aromatic heterocycles. The smallest absolute Gasteiger partial charge is 0.175 e. The number of ketones is 1. The lowest BCUT2D eigenvalue weighted by atomic mass is 9.69. The highest BCUT2D eigenvalue weighted by Gasteiger charge is 2.49. The van der Waals surface area contributed by atoms with Crippen molar-refractivity contribution in [2.75, 3.05) is 6.61 Å². The highest BCUT2D eigenvalue weighted by atomic mass is 16.5. The molecular weight excluding hydrogens is 360 g/mol. The maximum atomic E-state index is 13.2. The number of hydrogen-bond donors (Lipinski definition) is 4. The number of carbonyl (C=O) groups excluding carboxylic acids is 1. The van der Waals surface area contributed by atoms with Crippen molar-refractivity contribution in [1.82, 2.24) is 0 Å². The molecule has 2 aliphatic rings. The lowest BCUT2D eigenvalue weighted by Crippen LogP contribution is -2.54. The quantitative estimate of drug-likeness (QED) is 0.575. The van der Waals surface area contributed by atoms with Crippen LogP contribution in [0, 0.1) is 11.8 Å². The van der Waals surface area contributed by atoms with Gasteiger partial charge in [0.15, 0.2) is 5.78 Å². The molecule has 1 aliphatic carbocycles. The Morgan fingerprint density at radius 3 is 2.71 bits per heavy atom. The summed E-state index contributed by atoms with van der Waals surface area (Å²) in [7, 11) is 0. The highest BCUT2D eigenvalue weighted by Crippen LogP contribution is 2.40. The van der Waals surface area contributed by atoms with Crippen LogP contribution < -0.4 is 0 Å². The van der Waals surface area contributed by atoms with E-state index in [9.17, 15) is 20.1 Å². The molecule has 0 spiro atoms. The van der Waals surface area contributed by atoms with Gasteiger partial charge in [0.05, 0.1) is 30.0 Å². The van der Waals surface area contributed by atoms with Crippen LogP contribution in [-0.4, -0.2) is 51.1 Å². The number of ether oxygens (including phenoxy) is 1. The number of hydrogen-bond acceptors (Lipinski definition) is 6. The predicted molar refractivity (Wildman–Crippen MR) is 104 cm³/mol. The first-order chi connectivity index (χ1) is 13.3. The van der Waals surface area contributed by atoms with E-state index in [2.05, 4.69) is 0 Å². The standard InChI is InChI=1S/C22H28O6/c1-12(2)3-5-15-18(25)10-19-20(21(15)26)22(27)16(11-28-19)13-4-6-17(24)14(9-13)7-8-23/h3-4,6,9,11,15,18-21,23-26H,5,7-8,10H2,1-2H3. The topological polar surface area (TPSA) is 107 Å². The van der Waals surface area contributed by atoms with Gasteiger partial charge in [-0.1, -0.05) is 17.7 Å². The Bertz CT molecular complexity index is 792. The molecular formula is C22H28O6. The normalized spacial score (nSPS) is 29.5. The second kappa shape index (κ2) is 8.47. The van der Waals surface area contributed by atoms with Crippen LogP contribution in [0.15, 0.2) is 36.1 Å². The van der Waals surface area contributed by atoms with Crippen LogP contribution in [0.1, 0.15) is 37.8 Å². The molecule has 0 radical (unpaired) electrons. The first kappa shape index (κ1) is 20.6. The monoisotopic (exact) mass is 388 g/mol. The van der Waals surface area contributed by atoms with Gasteiger partial charge in [0.25, 0.3) is 0 Å². The fourth-order valence-electron chi connectivity index (χ4n) is 4.08. The summed E-state index contributed by atoms with van der Waals surface area (Å²) in [5, 5.41) is 40.4. The lowest BCUT2D eigenvalue weighted by Gasteiger charge is -2.43. The molecule has 6 heteroatoms. The van der Waals surface area contributed by atoms with Gasteiger partial charge in [0.1, 0.15) is 11.9 Å². The van der Waals surface area contributed by atoms with E-state index in [1.54, 1.807) is 12.1 Å². The number of aliphatic hydroxyl groups excluding tert-OH is 3. The predicted octanol–water partition coefficient (Wildman–Crippen LogP) is 1.95.